The molecule has 2 aromatic rings. The molecule has 0 unspecified atom stereocenters. The first-order valence-corrected chi connectivity index (χ1v) is 8.10. The molecule has 8 heteroatoms. The lowest BCUT2D eigenvalue weighted by Crippen LogP contribution is -2.33. The fourth-order valence-electron chi connectivity index (χ4n) is 3.03. The van der Waals surface area contributed by atoms with Crippen LogP contribution in [0.3, 0.4) is 0 Å². The average molecular weight is 346 g/mol. The monoisotopic (exact) mass is 346 g/mol. The molecule has 7 nitrogen and oxygen atoms in total. The van der Waals surface area contributed by atoms with Gasteiger partial charge < -0.3 is 5.32 Å². The first kappa shape index (κ1) is 17.1. The van der Waals surface area contributed by atoms with Gasteiger partial charge >= 0.3 is 5.69 Å². The van der Waals surface area contributed by atoms with E-state index in [1.54, 1.807) is 26.0 Å². The van der Waals surface area contributed by atoms with E-state index in [2.05, 4.69) is 10.4 Å². The predicted octanol–water partition coefficient (Wildman–Crippen LogP) is 2.81. The first-order valence-electron chi connectivity index (χ1n) is 8.10. The van der Waals surface area contributed by atoms with E-state index in [1.165, 1.54) is 16.8 Å². The van der Waals surface area contributed by atoms with Crippen LogP contribution in [0.4, 0.5) is 10.1 Å². The second kappa shape index (κ2) is 6.62. The number of hydrogen-bond acceptors (Lipinski definition) is 4. The lowest BCUT2D eigenvalue weighted by molar-refractivity contribution is -0.386. The maximum Gasteiger partial charge on any atom is 0.312 e. The van der Waals surface area contributed by atoms with E-state index in [0.29, 0.717) is 11.6 Å². The van der Waals surface area contributed by atoms with E-state index in [0.717, 1.165) is 18.4 Å². The molecule has 1 amide bonds. The van der Waals surface area contributed by atoms with Crippen molar-refractivity contribution < 1.29 is 14.1 Å². The van der Waals surface area contributed by atoms with E-state index in [-0.39, 0.29) is 35.7 Å². The van der Waals surface area contributed by atoms with Gasteiger partial charge in [0.05, 0.1) is 11.0 Å². The molecule has 132 valence electrons. The average Bonchev–Trinajstić information content (AvgIpc) is 3.33. The Balaban J connectivity index is 1.74. The van der Waals surface area contributed by atoms with Gasteiger partial charge in [-0.2, -0.15) is 5.10 Å². The molecule has 0 aliphatic heterocycles. The van der Waals surface area contributed by atoms with Crippen molar-refractivity contribution in [3.05, 3.63) is 57.1 Å². The predicted molar refractivity (Wildman–Crippen MR) is 88.4 cm³/mol. The summed E-state index contributed by atoms with van der Waals surface area (Å²) < 4.78 is 14.5. The molecule has 1 aromatic heterocycles. The van der Waals surface area contributed by atoms with Gasteiger partial charge in [-0.05, 0) is 50.3 Å². The van der Waals surface area contributed by atoms with E-state index in [1.807, 2.05) is 0 Å². The number of aryl methyl sites for hydroxylation is 1. The molecule has 1 fully saturated rings. The number of nitrogens with zero attached hydrogens (tertiary/aromatic N) is 3. The van der Waals surface area contributed by atoms with Crippen LogP contribution < -0.4 is 5.32 Å². The van der Waals surface area contributed by atoms with Crippen molar-refractivity contribution in [1.82, 2.24) is 15.1 Å². The third-order valence-electron chi connectivity index (χ3n) is 4.46. The maximum atomic E-state index is 13.1. The molecule has 0 bridgehead atoms. The number of amides is 1. The summed E-state index contributed by atoms with van der Waals surface area (Å²) in [5, 5.41) is 18.1. The summed E-state index contributed by atoms with van der Waals surface area (Å²) in [6, 6.07) is 5.92. The van der Waals surface area contributed by atoms with Gasteiger partial charge in [-0.15, -0.1) is 0 Å². The van der Waals surface area contributed by atoms with Gasteiger partial charge in [0.25, 0.3) is 0 Å². The minimum Gasteiger partial charge on any atom is -0.347 e. The van der Waals surface area contributed by atoms with Crippen molar-refractivity contribution in [2.45, 2.75) is 39.3 Å². The number of aromatic nitrogens is 2. The quantitative estimate of drug-likeness (QED) is 0.643. The van der Waals surface area contributed by atoms with Gasteiger partial charge in [-0.25, -0.2) is 4.39 Å². The Bertz CT molecular complexity index is 812. The molecule has 0 saturated heterocycles. The molecule has 1 aliphatic carbocycles. The van der Waals surface area contributed by atoms with Crippen molar-refractivity contribution in [1.29, 1.82) is 0 Å². The van der Waals surface area contributed by atoms with Gasteiger partial charge in [0.1, 0.15) is 23.7 Å². The number of halogens is 1. The molecule has 25 heavy (non-hydrogen) atoms. The number of hydrogen-bond donors (Lipinski definition) is 1. The Morgan fingerprint density at radius 3 is 2.56 bits per heavy atom. The number of nitrogens with one attached hydrogen (secondary N) is 1. The molecular formula is C17H19FN4O3. The van der Waals surface area contributed by atoms with Crippen molar-refractivity contribution >= 4 is 11.6 Å². The van der Waals surface area contributed by atoms with Gasteiger partial charge in [-0.3, -0.25) is 19.6 Å². The fourth-order valence-corrected chi connectivity index (χ4v) is 3.03. The van der Waals surface area contributed by atoms with E-state index < -0.39 is 4.92 Å². The molecule has 1 aromatic carbocycles. The molecule has 0 radical (unpaired) electrons. The normalized spacial score (nSPS) is 15.0. The second-order valence-electron chi connectivity index (χ2n) is 6.37. The lowest BCUT2D eigenvalue weighted by Gasteiger charge is -2.19. The highest BCUT2D eigenvalue weighted by atomic mass is 19.1. The van der Waals surface area contributed by atoms with Crippen LogP contribution in [0.5, 0.6) is 0 Å². The Morgan fingerprint density at radius 2 is 2.04 bits per heavy atom. The molecule has 1 aliphatic rings. The Hall–Kier alpha value is -2.77. The summed E-state index contributed by atoms with van der Waals surface area (Å²) in [6.07, 6.45) is 2.02. The second-order valence-corrected chi connectivity index (χ2v) is 6.37. The molecule has 1 saturated carbocycles. The summed E-state index contributed by atoms with van der Waals surface area (Å²) in [7, 11) is 0. The zero-order valence-corrected chi connectivity index (χ0v) is 14.0. The molecule has 0 spiro atoms. The topological polar surface area (TPSA) is 90.1 Å². The Labute approximate surface area is 144 Å². The third kappa shape index (κ3) is 3.67. The summed E-state index contributed by atoms with van der Waals surface area (Å²) in [4.78, 5) is 23.0. The van der Waals surface area contributed by atoms with Crippen LogP contribution in [0.25, 0.3) is 0 Å². The molecule has 1 N–H and O–H groups in total. The molecular weight excluding hydrogens is 327 g/mol. The summed E-state index contributed by atoms with van der Waals surface area (Å²) in [5.41, 5.74) is 1.43. The highest BCUT2D eigenvalue weighted by molar-refractivity contribution is 5.76. The summed E-state index contributed by atoms with van der Waals surface area (Å²) in [5.74, 6) is -0.259. The van der Waals surface area contributed by atoms with E-state index >= 15 is 0 Å². The van der Waals surface area contributed by atoms with Crippen molar-refractivity contribution in [3.63, 3.8) is 0 Å². The van der Waals surface area contributed by atoms with E-state index in [9.17, 15) is 19.3 Å². The van der Waals surface area contributed by atoms with Crippen LogP contribution in [-0.2, 0) is 11.3 Å². The van der Waals surface area contributed by atoms with Gasteiger partial charge in [0.15, 0.2) is 0 Å². The number of carbonyl (C=O) groups excluding carboxylic acids is 1. The fraction of sp³-hybridized carbons (Fsp3) is 0.412. The van der Waals surface area contributed by atoms with E-state index in [4.69, 9.17) is 0 Å². The standard InChI is InChI=1S/C17H19FN4O3/c1-10-17(22(24)25)11(2)21(20-10)9-15(23)19-16(12-3-4-12)13-5-7-14(18)8-6-13/h5-8,12,16H,3-4,9H2,1-2H3,(H,19,23)/t16-/m0/s1. The summed E-state index contributed by atoms with van der Waals surface area (Å²) >= 11 is 0. The van der Waals surface area contributed by atoms with Gasteiger partial charge in [0.2, 0.25) is 5.91 Å². The number of rotatable bonds is 6. The van der Waals surface area contributed by atoms with Crippen molar-refractivity contribution in [2.75, 3.05) is 0 Å². The highest BCUT2D eigenvalue weighted by Gasteiger charge is 2.33. The van der Waals surface area contributed by atoms with Crippen LogP contribution in [0.2, 0.25) is 0 Å². The van der Waals surface area contributed by atoms with Crippen LogP contribution in [-0.4, -0.2) is 20.6 Å². The third-order valence-corrected chi connectivity index (χ3v) is 4.46. The minimum atomic E-state index is -0.489. The maximum absolute atomic E-state index is 13.1. The van der Waals surface area contributed by atoms with Crippen molar-refractivity contribution in [3.8, 4) is 0 Å². The van der Waals surface area contributed by atoms with Crippen LogP contribution in [0, 0.1) is 35.7 Å². The van der Waals surface area contributed by atoms with Gasteiger partial charge in [0, 0.05) is 0 Å². The number of benzene rings is 1. The SMILES string of the molecule is Cc1nn(CC(=O)N[C@H](c2ccc(F)cc2)C2CC2)c(C)c1[N+](=O)[O-]. The lowest BCUT2D eigenvalue weighted by atomic mass is 10.0. The Kier molecular flexibility index (Phi) is 4.52. The van der Waals surface area contributed by atoms with Crippen LogP contribution in [0.1, 0.15) is 35.8 Å². The highest BCUT2D eigenvalue weighted by Crippen LogP contribution is 2.41. The van der Waals surface area contributed by atoms with Crippen LogP contribution >= 0.6 is 0 Å². The minimum absolute atomic E-state index is 0.0647. The molecule has 3 rings (SSSR count). The zero-order valence-electron chi connectivity index (χ0n) is 14.0. The largest absolute Gasteiger partial charge is 0.347 e. The number of nitro groups is 1. The molecule has 1 atom stereocenters. The smallest absolute Gasteiger partial charge is 0.312 e. The first-order chi connectivity index (χ1) is 11.9. The Morgan fingerprint density at radius 1 is 1.40 bits per heavy atom. The zero-order chi connectivity index (χ0) is 18.1. The summed E-state index contributed by atoms with van der Waals surface area (Å²) in [6.45, 7) is 3.03. The van der Waals surface area contributed by atoms with Gasteiger partial charge in [-0.1, -0.05) is 12.1 Å². The number of carbonyl (C=O) groups is 1. The molecule has 1 heterocycles. The van der Waals surface area contributed by atoms with Crippen molar-refractivity contribution in [2.24, 2.45) is 5.92 Å². The van der Waals surface area contributed by atoms with Crippen LogP contribution in [0.15, 0.2) is 24.3 Å².